The van der Waals surface area contributed by atoms with E-state index in [1.165, 1.54) is 0 Å². The van der Waals surface area contributed by atoms with Crippen molar-refractivity contribution in [1.29, 1.82) is 0 Å². The summed E-state index contributed by atoms with van der Waals surface area (Å²) in [5.74, 6) is 0. The summed E-state index contributed by atoms with van der Waals surface area (Å²) in [7, 11) is 0. The van der Waals surface area contributed by atoms with Crippen LogP contribution in [0.1, 0.15) is 27.7 Å². The van der Waals surface area contributed by atoms with E-state index in [-0.39, 0.29) is 19.3 Å². The van der Waals surface area contributed by atoms with E-state index in [0.717, 1.165) is 0 Å². The first-order valence-electron chi connectivity index (χ1n) is 4.47. The molecule has 4 heteroatoms. The molecule has 0 aliphatic carbocycles. The Hall–Kier alpha value is -0.160. The topological polar surface area (TPSA) is 72.7 Å². The molecule has 0 bridgehead atoms. The second-order valence-electron chi connectivity index (χ2n) is 4.40. The predicted octanol–water partition coefficient (Wildman–Crippen LogP) is -0.521. The molecule has 0 aromatic heterocycles. The average molecular weight is 191 g/mol. The number of rotatable bonds is 5. The fourth-order valence-corrected chi connectivity index (χ4v) is 0.841. The fraction of sp³-hybridized carbons (Fsp3) is 1.00. The molecule has 0 saturated carbocycles. The number of aliphatic hydroxyl groups excluding tert-OH is 2. The van der Waals surface area contributed by atoms with Gasteiger partial charge in [0, 0.05) is 6.04 Å². The van der Waals surface area contributed by atoms with E-state index in [1.807, 2.05) is 6.92 Å². The Labute approximate surface area is 79.6 Å². The zero-order valence-electron chi connectivity index (χ0n) is 8.83. The van der Waals surface area contributed by atoms with E-state index < -0.39 is 11.1 Å². The van der Waals surface area contributed by atoms with Crippen molar-refractivity contribution in [1.82, 2.24) is 5.32 Å². The number of hydrogen-bond acceptors (Lipinski definition) is 4. The van der Waals surface area contributed by atoms with Crippen molar-refractivity contribution in [2.45, 2.75) is 44.9 Å². The van der Waals surface area contributed by atoms with Gasteiger partial charge in [-0.25, -0.2) is 0 Å². The van der Waals surface area contributed by atoms with Crippen LogP contribution in [0.3, 0.4) is 0 Å². The summed E-state index contributed by atoms with van der Waals surface area (Å²) >= 11 is 0. The molecular formula is C9H21NO3. The Morgan fingerprint density at radius 3 is 1.77 bits per heavy atom. The second kappa shape index (κ2) is 4.37. The molecule has 0 aromatic carbocycles. The molecule has 0 aromatic rings. The van der Waals surface area contributed by atoms with Crippen LogP contribution in [0.25, 0.3) is 0 Å². The molecule has 0 radical (unpaired) electrons. The minimum Gasteiger partial charge on any atom is -0.394 e. The highest BCUT2D eigenvalue weighted by Crippen LogP contribution is 2.12. The SMILES string of the molecule is CC(NC(C)(CO)CO)C(C)(C)O. The van der Waals surface area contributed by atoms with Crippen LogP contribution >= 0.6 is 0 Å². The van der Waals surface area contributed by atoms with Crippen molar-refractivity contribution >= 4 is 0 Å². The molecule has 0 saturated heterocycles. The van der Waals surface area contributed by atoms with Crippen LogP contribution in [0.5, 0.6) is 0 Å². The highest BCUT2D eigenvalue weighted by atomic mass is 16.3. The van der Waals surface area contributed by atoms with Crippen LogP contribution in [0.15, 0.2) is 0 Å². The minimum absolute atomic E-state index is 0.163. The minimum atomic E-state index is -0.869. The van der Waals surface area contributed by atoms with Crippen LogP contribution < -0.4 is 5.32 Å². The normalized spacial score (nSPS) is 15.9. The van der Waals surface area contributed by atoms with Crippen molar-refractivity contribution in [3.05, 3.63) is 0 Å². The van der Waals surface area contributed by atoms with Crippen LogP contribution in [0.4, 0.5) is 0 Å². The van der Waals surface area contributed by atoms with E-state index in [2.05, 4.69) is 5.32 Å². The lowest BCUT2D eigenvalue weighted by molar-refractivity contribution is 0.0122. The molecule has 4 N–H and O–H groups in total. The monoisotopic (exact) mass is 191 g/mol. The van der Waals surface area contributed by atoms with Crippen molar-refractivity contribution in [3.63, 3.8) is 0 Å². The lowest BCUT2D eigenvalue weighted by Crippen LogP contribution is -2.58. The Kier molecular flexibility index (Phi) is 4.32. The first-order valence-corrected chi connectivity index (χ1v) is 4.47. The van der Waals surface area contributed by atoms with Gasteiger partial charge in [0.15, 0.2) is 0 Å². The van der Waals surface area contributed by atoms with Crippen molar-refractivity contribution < 1.29 is 15.3 Å². The van der Waals surface area contributed by atoms with Gasteiger partial charge >= 0.3 is 0 Å². The summed E-state index contributed by atoms with van der Waals surface area (Å²) in [5.41, 5.74) is -1.61. The third-order valence-corrected chi connectivity index (χ3v) is 2.32. The smallest absolute Gasteiger partial charge is 0.0741 e. The van der Waals surface area contributed by atoms with E-state index in [4.69, 9.17) is 10.2 Å². The zero-order chi connectivity index (χ0) is 10.7. The van der Waals surface area contributed by atoms with Gasteiger partial charge in [0.2, 0.25) is 0 Å². The molecule has 1 atom stereocenters. The van der Waals surface area contributed by atoms with Crippen molar-refractivity contribution in [3.8, 4) is 0 Å². The van der Waals surface area contributed by atoms with Crippen molar-refractivity contribution in [2.24, 2.45) is 0 Å². The molecule has 0 amide bonds. The maximum Gasteiger partial charge on any atom is 0.0741 e. The maximum absolute atomic E-state index is 9.61. The van der Waals surface area contributed by atoms with Gasteiger partial charge in [-0.2, -0.15) is 0 Å². The Bertz CT molecular complexity index is 149. The molecule has 80 valence electrons. The molecule has 4 nitrogen and oxygen atoms in total. The quantitative estimate of drug-likeness (QED) is 0.472. The Morgan fingerprint density at radius 2 is 1.54 bits per heavy atom. The first kappa shape index (κ1) is 12.8. The summed E-state index contributed by atoms with van der Waals surface area (Å²) < 4.78 is 0. The first-order chi connectivity index (χ1) is 5.75. The maximum atomic E-state index is 9.61. The largest absolute Gasteiger partial charge is 0.394 e. The van der Waals surface area contributed by atoms with Crippen LogP contribution in [0.2, 0.25) is 0 Å². The van der Waals surface area contributed by atoms with E-state index in [0.29, 0.717) is 0 Å². The van der Waals surface area contributed by atoms with Gasteiger partial charge in [-0.05, 0) is 27.7 Å². The van der Waals surface area contributed by atoms with Gasteiger partial charge in [0.1, 0.15) is 0 Å². The summed E-state index contributed by atoms with van der Waals surface area (Å²) in [6.45, 7) is 6.55. The summed E-state index contributed by atoms with van der Waals surface area (Å²) in [5, 5.41) is 30.6. The fourth-order valence-electron chi connectivity index (χ4n) is 0.841. The predicted molar refractivity (Wildman–Crippen MR) is 51.5 cm³/mol. The third-order valence-electron chi connectivity index (χ3n) is 2.32. The summed E-state index contributed by atoms with van der Waals surface area (Å²) in [6.07, 6.45) is 0. The van der Waals surface area contributed by atoms with E-state index in [1.54, 1.807) is 20.8 Å². The number of nitrogens with one attached hydrogen (secondary N) is 1. The lowest BCUT2D eigenvalue weighted by atomic mass is 9.96. The Balaban J connectivity index is 4.25. The highest BCUT2D eigenvalue weighted by Gasteiger charge is 2.30. The van der Waals surface area contributed by atoms with Gasteiger partial charge in [-0.3, -0.25) is 0 Å². The molecule has 0 spiro atoms. The van der Waals surface area contributed by atoms with Gasteiger partial charge in [-0.1, -0.05) is 0 Å². The summed E-state index contributed by atoms with van der Waals surface area (Å²) in [4.78, 5) is 0. The average Bonchev–Trinajstić information content (AvgIpc) is 2.02. The molecule has 0 rings (SSSR count). The Morgan fingerprint density at radius 1 is 1.15 bits per heavy atom. The van der Waals surface area contributed by atoms with Crippen LogP contribution in [-0.2, 0) is 0 Å². The number of aliphatic hydroxyl groups is 3. The van der Waals surface area contributed by atoms with E-state index in [9.17, 15) is 5.11 Å². The van der Waals surface area contributed by atoms with Gasteiger partial charge in [0.25, 0.3) is 0 Å². The third kappa shape index (κ3) is 4.04. The molecular weight excluding hydrogens is 170 g/mol. The van der Waals surface area contributed by atoms with Gasteiger partial charge < -0.3 is 20.6 Å². The zero-order valence-corrected chi connectivity index (χ0v) is 8.83. The highest BCUT2D eigenvalue weighted by molar-refractivity contribution is 4.89. The molecule has 0 heterocycles. The van der Waals surface area contributed by atoms with Crippen molar-refractivity contribution in [2.75, 3.05) is 13.2 Å². The standard InChI is InChI=1S/C9H21NO3/c1-7(8(2,3)13)10-9(4,5-11)6-12/h7,10-13H,5-6H2,1-4H3. The van der Waals surface area contributed by atoms with Gasteiger partial charge in [0.05, 0.1) is 24.4 Å². The second-order valence-corrected chi connectivity index (χ2v) is 4.40. The van der Waals surface area contributed by atoms with Crippen LogP contribution in [-0.4, -0.2) is 45.7 Å². The summed E-state index contributed by atoms with van der Waals surface area (Å²) in [6, 6.07) is -0.197. The molecule has 0 aliphatic rings. The van der Waals surface area contributed by atoms with E-state index >= 15 is 0 Å². The van der Waals surface area contributed by atoms with Gasteiger partial charge in [-0.15, -0.1) is 0 Å². The molecule has 0 fully saturated rings. The van der Waals surface area contributed by atoms with Crippen LogP contribution in [0, 0.1) is 0 Å². The lowest BCUT2D eigenvalue weighted by Gasteiger charge is -2.35. The molecule has 13 heavy (non-hydrogen) atoms. The molecule has 0 aliphatic heterocycles. The molecule has 1 unspecified atom stereocenters. The number of hydrogen-bond donors (Lipinski definition) is 4.